The Morgan fingerprint density at radius 2 is 1.91 bits per heavy atom. The fourth-order valence-corrected chi connectivity index (χ4v) is 4.92. The zero-order chi connectivity index (χ0) is 16.5. The van der Waals surface area contributed by atoms with E-state index in [2.05, 4.69) is 4.72 Å². The molecule has 0 unspecified atom stereocenters. The maximum atomic E-state index is 12.9. The van der Waals surface area contributed by atoms with Gasteiger partial charge < -0.3 is 9.84 Å². The number of carboxylic acids is 1. The van der Waals surface area contributed by atoms with E-state index in [0.717, 1.165) is 18.4 Å². The summed E-state index contributed by atoms with van der Waals surface area (Å²) < 4.78 is 33.8. The molecule has 1 heterocycles. The smallest absolute Gasteiger partial charge is 0.305 e. The number of sulfonamides is 1. The first kappa shape index (κ1) is 16.4. The molecule has 0 aromatic heterocycles. The highest BCUT2D eigenvalue weighted by Crippen LogP contribution is 2.43. The second kappa shape index (κ2) is 6.22. The monoisotopic (exact) mass is 339 g/mol. The predicted octanol–water partition coefficient (Wildman–Crippen LogP) is 1.87. The van der Waals surface area contributed by atoms with Crippen LogP contribution in [0, 0.1) is 0 Å². The van der Waals surface area contributed by atoms with Crippen molar-refractivity contribution in [1.82, 2.24) is 4.72 Å². The van der Waals surface area contributed by atoms with E-state index in [-0.39, 0.29) is 11.3 Å². The Labute approximate surface area is 135 Å². The molecule has 0 bridgehead atoms. The van der Waals surface area contributed by atoms with Gasteiger partial charge in [0.1, 0.15) is 0 Å². The van der Waals surface area contributed by atoms with Gasteiger partial charge in [0.15, 0.2) is 0 Å². The molecule has 3 rings (SSSR count). The summed E-state index contributed by atoms with van der Waals surface area (Å²) in [6.07, 6.45) is 2.50. The summed E-state index contributed by atoms with van der Waals surface area (Å²) >= 11 is 0. The average Bonchev–Trinajstić information content (AvgIpc) is 3.31. The molecule has 0 amide bonds. The number of ether oxygens (including phenoxy) is 1. The first-order valence-corrected chi connectivity index (χ1v) is 9.33. The molecule has 1 saturated carbocycles. The van der Waals surface area contributed by atoms with Crippen molar-refractivity contribution in [2.75, 3.05) is 13.2 Å². The molecule has 0 radical (unpaired) electrons. The van der Waals surface area contributed by atoms with E-state index < -0.39 is 21.5 Å². The second-order valence-corrected chi connectivity index (χ2v) is 8.03. The Morgan fingerprint density at radius 3 is 2.52 bits per heavy atom. The van der Waals surface area contributed by atoms with Crippen molar-refractivity contribution in [3.63, 3.8) is 0 Å². The van der Waals surface area contributed by atoms with E-state index >= 15 is 0 Å². The molecule has 6 nitrogen and oxygen atoms in total. The van der Waals surface area contributed by atoms with Crippen molar-refractivity contribution in [2.45, 2.75) is 48.5 Å². The SMILES string of the molecule is O=C(O)CC1(NS(=O)(=O)c2ccccc2C2CC2)CCOCC1. The summed E-state index contributed by atoms with van der Waals surface area (Å²) in [7, 11) is -3.77. The van der Waals surface area contributed by atoms with Gasteiger partial charge >= 0.3 is 5.97 Å². The van der Waals surface area contributed by atoms with Crippen LogP contribution < -0.4 is 4.72 Å². The lowest BCUT2D eigenvalue weighted by atomic mass is 9.88. The maximum absolute atomic E-state index is 12.9. The molecule has 1 saturated heterocycles. The highest BCUT2D eigenvalue weighted by atomic mass is 32.2. The summed E-state index contributed by atoms with van der Waals surface area (Å²) in [6.45, 7) is 0.722. The molecule has 2 fully saturated rings. The van der Waals surface area contributed by atoms with Crippen LogP contribution in [0.5, 0.6) is 0 Å². The lowest BCUT2D eigenvalue weighted by Gasteiger charge is -2.36. The lowest BCUT2D eigenvalue weighted by Crippen LogP contribution is -2.53. The number of benzene rings is 1. The number of hydrogen-bond acceptors (Lipinski definition) is 4. The van der Waals surface area contributed by atoms with E-state index in [1.807, 2.05) is 12.1 Å². The summed E-state index contributed by atoms with van der Waals surface area (Å²) in [5, 5.41) is 9.18. The minimum atomic E-state index is -3.77. The van der Waals surface area contributed by atoms with E-state index in [1.54, 1.807) is 12.1 Å². The van der Waals surface area contributed by atoms with E-state index in [0.29, 0.717) is 32.0 Å². The van der Waals surface area contributed by atoms with E-state index in [9.17, 15) is 18.3 Å². The fourth-order valence-electron chi connectivity index (χ4n) is 3.16. The van der Waals surface area contributed by atoms with Crippen molar-refractivity contribution in [3.05, 3.63) is 29.8 Å². The molecule has 1 aliphatic carbocycles. The molecule has 0 atom stereocenters. The minimum Gasteiger partial charge on any atom is -0.481 e. The standard InChI is InChI=1S/C16H21NO5S/c18-15(19)11-16(7-9-22-10-8-16)17-23(20,21)14-4-2-1-3-13(14)12-5-6-12/h1-4,12,17H,5-11H2,(H,18,19). The fraction of sp³-hybridized carbons (Fsp3) is 0.562. The third-order valence-electron chi connectivity index (χ3n) is 4.52. The van der Waals surface area contributed by atoms with Gasteiger partial charge in [-0.25, -0.2) is 13.1 Å². The largest absolute Gasteiger partial charge is 0.481 e. The summed E-state index contributed by atoms with van der Waals surface area (Å²) in [6, 6.07) is 6.99. The molecule has 23 heavy (non-hydrogen) atoms. The van der Waals surface area contributed by atoms with Crippen LogP contribution >= 0.6 is 0 Å². The van der Waals surface area contributed by atoms with Gasteiger partial charge in [0.2, 0.25) is 10.0 Å². The Balaban J connectivity index is 1.91. The molecule has 1 aromatic carbocycles. The van der Waals surface area contributed by atoms with Crippen LogP contribution in [0.4, 0.5) is 0 Å². The zero-order valence-electron chi connectivity index (χ0n) is 12.8. The molecule has 126 valence electrons. The number of rotatable bonds is 6. The van der Waals surface area contributed by atoms with Gasteiger partial charge in [-0.2, -0.15) is 0 Å². The molecule has 2 N–H and O–H groups in total. The van der Waals surface area contributed by atoms with Crippen molar-refractivity contribution >= 4 is 16.0 Å². The summed E-state index contributed by atoms with van der Waals surface area (Å²) in [5.74, 6) is -0.710. The van der Waals surface area contributed by atoms with Crippen LogP contribution in [-0.2, 0) is 19.6 Å². The highest BCUT2D eigenvalue weighted by Gasteiger charge is 2.40. The van der Waals surface area contributed by atoms with E-state index in [1.165, 1.54) is 0 Å². The van der Waals surface area contributed by atoms with Gasteiger partial charge in [-0.05, 0) is 43.2 Å². The summed E-state index contributed by atoms with van der Waals surface area (Å²) in [5.41, 5.74) is -0.142. The molecular weight excluding hydrogens is 318 g/mol. The Kier molecular flexibility index (Phi) is 4.44. The maximum Gasteiger partial charge on any atom is 0.305 e. The first-order chi connectivity index (χ1) is 10.9. The molecule has 1 aliphatic heterocycles. The van der Waals surface area contributed by atoms with Crippen molar-refractivity contribution in [1.29, 1.82) is 0 Å². The number of aliphatic carboxylic acids is 1. The molecular formula is C16H21NO5S. The van der Waals surface area contributed by atoms with Crippen molar-refractivity contribution in [2.24, 2.45) is 0 Å². The van der Waals surface area contributed by atoms with Crippen molar-refractivity contribution < 1.29 is 23.1 Å². The van der Waals surface area contributed by atoms with E-state index in [4.69, 9.17) is 4.74 Å². The van der Waals surface area contributed by atoms with Crippen LogP contribution in [0.3, 0.4) is 0 Å². The average molecular weight is 339 g/mol. The number of nitrogens with one attached hydrogen (secondary N) is 1. The minimum absolute atomic E-state index is 0.235. The Morgan fingerprint density at radius 1 is 1.26 bits per heavy atom. The number of carboxylic acid groups (broad SMARTS) is 1. The van der Waals surface area contributed by atoms with Crippen LogP contribution in [0.2, 0.25) is 0 Å². The molecule has 0 spiro atoms. The van der Waals surface area contributed by atoms with Gasteiger partial charge in [0, 0.05) is 18.8 Å². The third-order valence-corrected chi connectivity index (χ3v) is 6.17. The van der Waals surface area contributed by atoms with Gasteiger partial charge in [-0.15, -0.1) is 0 Å². The lowest BCUT2D eigenvalue weighted by molar-refractivity contribution is -0.139. The summed E-state index contributed by atoms with van der Waals surface area (Å²) in [4.78, 5) is 11.5. The van der Waals surface area contributed by atoms with Crippen LogP contribution in [0.15, 0.2) is 29.2 Å². The van der Waals surface area contributed by atoms with Crippen LogP contribution in [-0.4, -0.2) is 38.2 Å². The van der Waals surface area contributed by atoms with Gasteiger partial charge in [-0.3, -0.25) is 4.79 Å². The van der Waals surface area contributed by atoms with Gasteiger partial charge in [0.05, 0.1) is 11.3 Å². The normalized spacial score (nSPS) is 21.0. The van der Waals surface area contributed by atoms with Gasteiger partial charge in [-0.1, -0.05) is 18.2 Å². The third kappa shape index (κ3) is 3.73. The molecule has 1 aromatic rings. The second-order valence-electron chi connectivity index (χ2n) is 6.38. The van der Waals surface area contributed by atoms with Crippen LogP contribution in [0.25, 0.3) is 0 Å². The number of hydrogen-bond donors (Lipinski definition) is 2. The van der Waals surface area contributed by atoms with Crippen LogP contribution in [0.1, 0.15) is 43.6 Å². The first-order valence-electron chi connectivity index (χ1n) is 7.84. The topological polar surface area (TPSA) is 92.7 Å². The number of carbonyl (C=O) groups is 1. The Bertz CT molecular complexity index is 690. The quantitative estimate of drug-likeness (QED) is 0.825. The molecule has 7 heteroatoms. The van der Waals surface area contributed by atoms with Gasteiger partial charge in [0.25, 0.3) is 0 Å². The Hall–Kier alpha value is -1.44. The molecule has 2 aliphatic rings. The predicted molar refractivity (Wildman–Crippen MR) is 83.8 cm³/mol. The van der Waals surface area contributed by atoms with Crippen molar-refractivity contribution in [3.8, 4) is 0 Å². The zero-order valence-corrected chi connectivity index (χ0v) is 13.6. The highest BCUT2D eigenvalue weighted by molar-refractivity contribution is 7.89.